The molecule has 0 aliphatic heterocycles. The normalized spacial score (nSPS) is 10.2. The van der Waals surface area contributed by atoms with Gasteiger partial charge in [-0.15, -0.1) is 0 Å². The maximum absolute atomic E-state index is 11.7. The Morgan fingerprint density at radius 1 is 1.13 bits per heavy atom. The van der Waals surface area contributed by atoms with Gasteiger partial charge in [0.2, 0.25) is 0 Å². The Balaban J connectivity index is 1.88. The van der Waals surface area contributed by atoms with Crippen molar-refractivity contribution >= 4 is 11.7 Å². The van der Waals surface area contributed by atoms with Crippen molar-refractivity contribution < 1.29 is 19.2 Å². The van der Waals surface area contributed by atoms with Crippen molar-refractivity contribution in [1.29, 1.82) is 0 Å². The van der Waals surface area contributed by atoms with Crippen LogP contribution < -0.4 is 4.74 Å². The number of aryl methyl sites for hydroxylation is 2. The van der Waals surface area contributed by atoms with Gasteiger partial charge < -0.3 is 9.47 Å². The molecule has 120 valence electrons. The molecule has 2 aromatic rings. The Labute approximate surface area is 133 Å². The molecule has 0 bridgehead atoms. The van der Waals surface area contributed by atoms with Crippen molar-refractivity contribution in [2.45, 2.75) is 20.5 Å². The van der Waals surface area contributed by atoms with E-state index in [-0.39, 0.29) is 18.9 Å². The number of para-hydroxylation sites is 1. The third-order valence-corrected chi connectivity index (χ3v) is 3.41. The summed E-state index contributed by atoms with van der Waals surface area (Å²) in [6.45, 7) is 3.53. The molecule has 0 radical (unpaired) electrons. The highest BCUT2D eigenvalue weighted by atomic mass is 16.6. The minimum atomic E-state index is -0.582. The molecule has 0 unspecified atom stereocenters. The molecule has 0 amide bonds. The average Bonchev–Trinajstić information content (AvgIpc) is 2.54. The van der Waals surface area contributed by atoms with Crippen molar-refractivity contribution in [3.63, 3.8) is 0 Å². The third-order valence-electron chi connectivity index (χ3n) is 3.41. The van der Waals surface area contributed by atoms with Gasteiger partial charge in [-0.25, -0.2) is 4.79 Å². The van der Waals surface area contributed by atoms with E-state index in [1.54, 1.807) is 24.3 Å². The van der Waals surface area contributed by atoms with Crippen LogP contribution in [0.3, 0.4) is 0 Å². The number of nitro groups is 1. The van der Waals surface area contributed by atoms with Crippen LogP contribution in [-0.2, 0) is 16.1 Å². The van der Waals surface area contributed by atoms with Crippen LogP contribution in [0.4, 0.5) is 5.69 Å². The van der Waals surface area contributed by atoms with E-state index in [1.807, 2.05) is 26.0 Å². The molecule has 0 fully saturated rings. The Bertz CT molecular complexity index is 727. The number of rotatable bonds is 6. The van der Waals surface area contributed by atoms with Crippen LogP contribution in [0.15, 0.2) is 42.5 Å². The fourth-order valence-electron chi connectivity index (χ4n) is 1.96. The fraction of sp³-hybridized carbons (Fsp3) is 0.235. The van der Waals surface area contributed by atoms with E-state index in [1.165, 1.54) is 6.07 Å². The van der Waals surface area contributed by atoms with E-state index in [0.29, 0.717) is 11.3 Å². The molecule has 0 aliphatic carbocycles. The molecule has 0 saturated carbocycles. The monoisotopic (exact) mass is 315 g/mol. The Morgan fingerprint density at radius 2 is 1.87 bits per heavy atom. The SMILES string of the molecule is Cc1ccc(OCC(=O)OCc2ccccc2[N+](=O)[O-])cc1C. The summed E-state index contributed by atoms with van der Waals surface area (Å²) >= 11 is 0. The van der Waals surface area contributed by atoms with Crippen LogP contribution in [0.5, 0.6) is 5.75 Å². The molecule has 2 aromatic carbocycles. The summed E-state index contributed by atoms with van der Waals surface area (Å²) in [5.41, 5.74) is 2.47. The molecule has 0 saturated heterocycles. The van der Waals surface area contributed by atoms with Crippen molar-refractivity contribution in [1.82, 2.24) is 0 Å². The van der Waals surface area contributed by atoms with E-state index in [4.69, 9.17) is 9.47 Å². The quantitative estimate of drug-likeness (QED) is 0.464. The lowest BCUT2D eigenvalue weighted by Gasteiger charge is -2.09. The zero-order valence-corrected chi connectivity index (χ0v) is 12.9. The first-order valence-electron chi connectivity index (χ1n) is 7.05. The maximum atomic E-state index is 11.7. The molecule has 0 aliphatic rings. The van der Waals surface area contributed by atoms with Gasteiger partial charge in [-0.2, -0.15) is 0 Å². The Morgan fingerprint density at radius 3 is 2.57 bits per heavy atom. The van der Waals surface area contributed by atoms with Gasteiger partial charge in [-0.1, -0.05) is 18.2 Å². The second-order valence-electron chi connectivity index (χ2n) is 5.08. The summed E-state index contributed by atoms with van der Waals surface area (Å²) in [5.74, 6) is -0.00267. The highest BCUT2D eigenvalue weighted by Crippen LogP contribution is 2.19. The number of carbonyl (C=O) groups excluding carboxylic acids is 1. The summed E-state index contributed by atoms with van der Waals surface area (Å²) in [4.78, 5) is 22.1. The number of ether oxygens (including phenoxy) is 2. The predicted octanol–water partition coefficient (Wildman–Crippen LogP) is 3.33. The summed E-state index contributed by atoms with van der Waals surface area (Å²) in [5, 5.41) is 10.9. The van der Waals surface area contributed by atoms with Crippen molar-refractivity contribution in [3.8, 4) is 5.75 Å². The number of hydrogen-bond acceptors (Lipinski definition) is 5. The van der Waals surface area contributed by atoms with Gasteiger partial charge in [0.25, 0.3) is 5.69 Å². The predicted molar refractivity (Wildman–Crippen MR) is 84.3 cm³/mol. The van der Waals surface area contributed by atoms with Crippen LogP contribution >= 0.6 is 0 Å². The second-order valence-corrected chi connectivity index (χ2v) is 5.08. The Hall–Kier alpha value is -2.89. The van der Waals surface area contributed by atoms with Gasteiger partial charge in [0.15, 0.2) is 6.61 Å². The lowest BCUT2D eigenvalue weighted by molar-refractivity contribution is -0.385. The standard InChI is InChI=1S/C17H17NO5/c1-12-7-8-15(9-13(12)2)22-11-17(19)23-10-14-5-3-4-6-16(14)18(20)21/h3-9H,10-11H2,1-2H3. The first-order chi connectivity index (χ1) is 11.0. The smallest absolute Gasteiger partial charge is 0.344 e. The summed E-state index contributed by atoms with van der Waals surface area (Å²) in [6, 6.07) is 11.7. The van der Waals surface area contributed by atoms with Crippen LogP contribution in [0.2, 0.25) is 0 Å². The second kappa shape index (κ2) is 7.40. The summed E-state index contributed by atoms with van der Waals surface area (Å²) in [7, 11) is 0. The first-order valence-corrected chi connectivity index (χ1v) is 7.05. The van der Waals surface area contributed by atoms with Crippen LogP contribution in [0.25, 0.3) is 0 Å². The molecule has 6 heteroatoms. The average molecular weight is 315 g/mol. The van der Waals surface area contributed by atoms with Crippen molar-refractivity contribution in [2.75, 3.05) is 6.61 Å². The van der Waals surface area contributed by atoms with E-state index in [0.717, 1.165) is 11.1 Å². The van der Waals surface area contributed by atoms with E-state index < -0.39 is 10.9 Å². The van der Waals surface area contributed by atoms with Crippen molar-refractivity contribution in [2.24, 2.45) is 0 Å². The largest absolute Gasteiger partial charge is 0.482 e. The zero-order valence-electron chi connectivity index (χ0n) is 12.9. The molecule has 0 N–H and O–H groups in total. The molecule has 2 rings (SSSR count). The third kappa shape index (κ3) is 4.54. The summed E-state index contributed by atoms with van der Waals surface area (Å²) in [6.07, 6.45) is 0. The molecule has 0 aromatic heterocycles. The number of nitrogens with zero attached hydrogens (tertiary/aromatic N) is 1. The van der Waals surface area contributed by atoms with Gasteiger partial charge in [0.05, 0.1) is 10.5 Å². The van der Waals surface area contributed by atoms with Gasteiger partial charge >= 0.3 is 5.97 Å². The molecular weight excluding hydrogens is 298 g/mol. The summed E-state index contributed by atoms with van der Waals surface area (Å²) < 4.78 is 10.4. The zero-order chi connectivity index (χ0) is 16.8. The molecule has 0 spiro atoms. The van der Waals surface area contributed by atoms with Crippen LogP contribution in [0, 0.1) is 24.0 Å². The highest BCUT2D eigenvalue weighted by molar-refractivity contribution is 5.71. The van der Waals surface area contributed by atoms with Gasteiger partial charge in [0.1, 0.15) is 12.4 Å². The van der Waals surface area contributed by atoms with E-state index in [2.05, 4.69) is 0 Å². The highest BCUT2D eigenvalue weighted by Gasteiger charge is 2.14. The fourth-order valence-corrected chi connectivity index (χ4v) is 1.96. The molecule has 0 heterocycles. The lowest BCUT2D eigenvalue weighted by atomic mass is 10.1. The number of benzene rings is 2. The first kappa shape index (κ1) is 16.5. The maximum Gasteiger partial charge on any atom is 0.344 e. The lowest BCUT2D eigenvalue weighted by Crippen LogP contribution is -2.15. The van der Waals surface area contributed by atoms with Crippen LogP contribution in [-0.4, -0.2) is 17.5 Å². The molecule has 6 nitrogen and oxygen atoms in total. The molecule has 23 heavy (non-hydrogen) atoms. The number of esters is 1. The van der Waals surface area contributed by atoms with Crippen molar-refractivity contribution in [3.05, 3.63) is 69.3 Å². The van der Waals surface area contributed by atoms with E-state index in [9.17, 15) is 14.9 Å². The van der Waals surface area contributed by atoms with Crippen LogP contribution in [0.1, 0.15) is 16.7 Å². The topological polar surface area (TPSA) is 78.7 Å². The van der Waals surface area contributed by atoms with Gasteiger partial charge in [-0.3, -0.25) is 10.1 Å². The number of nitro benzene ring substituents is 1. The number of hydrogen-bond donors (Lipinski definition) is 0. The minimum Gasteiger partial charge on any atom is -0.482 e. The van der Waals surface area contributed by atoms with Gasteiger partial charge in [0, 0.05) is 6.07 Å². The minimum absolute atomic E-state index is 0.0737. The number of carbonyl (C=O) groups is 1. The Kier molecular flexibility index (Phi) is 5.30. The molecular formula is C17H17NO5. The molecule has 0 atom stereocenters. The van der Waals surface area contributed by atoms with Gasteiger partial charge in [-0.05, 0) is 43.2 Å². The van der Waals surface area contributed by atoms with E-state index >= 15 is 0 Å².